The van der Waals surface area contributed by atoms with Crippen LogP contribution in [0.25, 0.3) is 0 Å². The Kier molecular flexibility index (Phi) is 5.74. The molecule has 5 heteroatoms. The summed E-state index contributed by atoms with van der Waals surface area (Å²) < 4.78 is 9.66. The second-order valence-corrected chi connectivity index (χ2v) is 2.72. The summed E-state index contributed by atoms with van der Waals surface area (Å²) in [6, 6.07) is 5.02. The summed E-state index contributed by atoms with van der Waals surface area (Å²) in [7, 11) is 2.90. The molecule has 0 atom stereocenters. The second-order valence-electron chi connectivity index (χ2n) is 2.72. The third-order valence-electron chi connectivity index (χ3n) is 1.92. The molecule has 84 valence electrons. The number of carbonyl (C=O) groups is 1. The molecule has 0 aliphatic rings. The Bertz CT molecular complexity index is 341. The van der Waals surface area contributed by atoms with Crippen LogP contribution in [0.15, 0.2) is 18.2 Å². The lowest BCUT2D eigenvalue weighted by Gasteiger charge is -2.07. The van der Waals surface area contributed by atoms with E-state index < -0.39 is 0 Å². The van der Waals surface area contributed by atoms with Crippen LogP contribution < -0.4 is 10.5 Å². The van der Waals surface area contributed by atoms with Crippen LogP contribution in [0, 0.1) is 0 Å². The van der Waals surface area contributed by atoms with Crippen LogP contribution in [0.4, 0.5) is 0 Å². The van der Waals surface area contributed by atoms with E-state index in [-0.39, 0.29) is 18.4 Å². The molecule has 15 heavy (non-hydrogen) atoms. The molecule has 0 unspecified atom stereocenters. The van der Waals surface area contributed by atoms with E-state index in [2.05, 4.69) is 4.74 Å². The standard InChI is InChI=1S/C10H13NO3.ClH/c1-13-9-4-3-7(10(12)14-2)5-8(9)6-11;/h3-5H,6,11H2,1-2H3;1H. The quantitative estimate of drug-likeness (QED) is 0.798. The minimum absolute atomic E-state index is 0. The van der Waals surface area contributed by atoms with Gasteiger partial charge in [0.1, 0.15) is 5.75 Å². The fourth-order valence-electron chi connectivity index (χ4n) is 1.18. The average molecular weight is 232 g/mol. The first-order valence-electron chi connectivity index (χ1n) is 4.18. The van der Waals surface area contributed by atoms with E-state index >= 15 is 0 Å². The maximum absolute atomic E-state index is 11.2. The molecule has 2 N–H and O–H groups in total. The monoisotopic (exact) mass is 231 g/mol. The van der Waals surface area contributed by atoms with Crippen LogP contribution in [-0.4, -0.2) is 20.2 Å². The molecule has 0 aromatic heterocycles. The van der Waals surface area contributed by atoms with Crippen LogP contribution in [-0.2, 0) is 11.3 Å². The van der Waals surface area contributed by atoms with Gasteiger partial charge in [-0.1, -0.05) is 0 Å². The van der Waals surface area contributed by atoms with Gasteiger partial charge in [0.05, 0.1) is 19.8 Å². The lowest BCUT2D eigenvalue weighted by atomic mass is 10.1. The molecular weight excluding hydrogens is 218 g/mol. The summed E-state index contributed by atoms with van der Waals surface area (Å²) in [6.45, 7) is 0.327. The molecule has 0 amide bonds. The first-order valence-corrected chi connectivity index (χ1v) is 4.18. The number of benzene rings is 1. The van der Waals surface area contributed by atoms with E-state index in [4.69, 9.17) is 10.5 Å². The Labute approximate surface area is 94.8 Å². The molecule has 0 radical (unpaired) electrons. The maximum Gasteiger partial charge on any atom is 0.337 e. The molecule has 0 aliphatic heterocycles. The first kappa shape index (κ1) is 13.7. The lowest BCUT2D eigenvalue weighted by Crippen LogP contribution is -2.05. The fourth-order valence-corrected chi connectivity index (χ4v) is 1.18. The third-order valence-corrected chi connectivity index (χ3v) is 1.92. The number of esters is 1. The van der Waals surface area contributed by atoms with Crippen LogP contribution >= 0.6 is 12.4 Å². The predicted octanol–water partition coefficient (Wildman–Crippen LogP) is 1.36. The van der Waals surface area contributed by atoms with Gasteiger partial charge in [0.25, 0.3) is 0 Å². The van der Waals surface area contributed by atoms with Gasteiger partial charge in [-0.15, -0.1) is 12.4 Å². The van der Waals surface area contributed by atoms with Crippen molar-refractivity contribution in [3.8, 4) is 5.75 Å². The molecule has 0 saturated heterocycles. The van der Waals surface area contributed by atoms with Gasteiger partial charge < -0.3 is 15.2 Å². The highest BCUT2D eigenvalue weighted by atomic mass is 35.5. The Balaban J connectivity index is 0.00000196. The van der Waals surface area contributed by atoms with Crippen LogP contribution in [0.1, 0.15) is 15.9 Å². The number of carbonyl (C=O) groups excluding carboxylic acids is 1. The second kappa shape index (κ2) is 6.27. The van der Waals surface area contributed by atoms with Gasteiger partial charge in [-0.2, -0.15) is 0 Å². The molecule has 1 aromatic rings. The minimum Gasteiger partial charge on any atom is -0.496 e. The van der Waals surface area contributed by atoms with Gasteiger partial charge in [-0.3, -0.25) is 0 Å². The number of hydrogen-bond acceptors (Lipinski definition) is 4. The normalized spacial score (nSPS) is 9.00. The van der Waals surface area contributed by atoms with E-state index in [0.29, 0.717) is 17.9 Å². The number of halogens is 1. The molecule has 0 fully saturated rings. The molecule has 0 spiro atoms. The number of methoxy groups -OCH3 is 2. The van der Waals surface area contributed by atoms with Crippen LogP contribution in [0.3, 0.4) is 0 Å². The highest BCUT2D eigenvalue weighted by Gasteiger charge is 2.08. The van der Waals surface area contributed by atoms with Crippen molar-refractivity contribution in [1.29, 1.82) is 0 Å². The summed E-state index contributed by atoms with van der Waals surface area (Å²) in [5.41, 5.74) is 6.77. The Hall–Kier alpha value is -1.26. The number of ether oxygens (including phenoxy) is 2. The Morgan fingerprint density at radius 1 is 1.40 bits per heavy atom. The molecule has 0 saturated carbocycles. The summed E-state index contributed by atoms with van der Waals surface area (Å²) in [6.07, 6.45) is 0. The molecule has 1 aromatic carbocycles. The van der Waals surface area contributed by atoms with Crippen molar-refractivity contribution in [3.63, 3.8) is 0 Å². The van der Waals surface area contributed by atoms with E-state index in [1.54, 1.807) is 25.3 Å². The summed E-state index contributed by atoms with van der Waals surface area (Å²) in [5.74, 6) is 0.308. The summed E-state index contributed by atoms with van der Waals surface area (Å²) in [4.78, 5) is 11.2. The van der Waals surface area contributed by atoms with Crippen molar-refractivity contribution >= 4 is 18.4 Å². The van der Waals surface area contributed by atoms with Crippen LogP contribution in [0.2, 0.25) is 0 Å². The van der Waals surface area contributed by atoms with Crippen molar-refractivity contribution in [2.75, 3.05) is 14.2 Å². The van der Waals surface area contributed by atoms with Crippen LogP contribution in [0.5, 0.6) is 5.75 Å². The molecule has 0 heterocycles. The highest BCUT2D eigenvalue weighted by Crippen LogP contribution is 2.19. The van der Waals surface area contributed by atoms with E-state index in [0.717, 1.165) is 5.56 Å². The molecule has 4 nitrogen and oxygen atoms in total. The fraction of sp³-hybridized carbons (Fsp3) is 0.300. The first-order chi connectivity index (χ1) is 6.72. The van der Waals surface area contributed by atoms with Gasteiger partial charge in [0, 0.05) is 12.1 Å². The maximum atomic E-state index is 11.2. The average Bonchev–Trinajstić information content (AvgIpc) is 2.26. The number of rotatable bonds is 3. The predicted molar refractivity (Wildman–Crippen MR) is 59.5 cm³/mol. The van der Waals surface area contributed by atoms with E-state index in [1.165, 1.54) is 7.11 Å². The minimum atomic E-state index is -0.373. The summed E-state index contributed by atoms with van der Waals surface area (Å²) >= 11 is 0. The zero-order valence-corrected chi connectivity index (χ0v) is 9.47. The number of hydrogen-bond donors (Lipinski definition) is 1. The summed E-state index contributed by atoms with van der Waals surface area (Å²) in [5, 5.41) is 0. The Morgan fingerprint density at radius 3 is 2.53 bits per heavy atom. The van der Waals surface area contributed by atoms with Crippen molar-refractivity contribution in [1.82, 2.24) is 0 Å². The zero-order valence-electron chi connectivity index (χ0n) is 8.65. The van der Waals surface area contributed by atoms with Crippen molar-refractivity contribution in [2.24, 2.45) is 5.73 Å². The zero-order chi connectivity index (χ0) is 10.6. The topological polar surface area (TPSA) is 61.5 Å². The largest absolute Gasteiger partial charge is 0.496 e. The molecular formula is C10H14ClNO3. The Morgan fingerprint density at radius 2 is 2.07 bits per heavy atom. The van der Waals surface area contributed by atoms with Crippen molar-refractivity contribution < 1.29 is 14.3 Å². The van der Waals surface area contributed by atoms with Gasteiger partial charge in [-0.05, 0) is 18.2 Å². The lowest BCUT2D eigenvalue weighted by molar-refractivity contribution is 0.0600. The SMILES string of the molecule is COC(=O)c1ccc(OC)c(CN)c1.Cl. The number of nitrogens with two attached hydrogens (primary N) is 1. The van der Waals surface area contributed by atoms with Gasteiger partial charge in [0.2, 0.25) is 0 Å². The van der Waals surface area contributed by atoms with E-state index in [1.807, 2.05) is 0 Å². The third kappa shape index (κ3) is 3.11. The molecule has 0 aliphatic carbocycles. The van der Waals surface area contributed by atoms with Gasteiger partial charge in [-0.25, -0.2) is 4.79 Å². The van der Waals surface area contributed by atoms with Gasteiger partial charge >= 0.3 is 5.97 Å². The highest BCUT2D eigenvalue weighted by molar-refractivity contribution is 5.89. The smallest absolute Gasteiger partial charge is 0.337 e. The van der Waals surface area contributed by atoms with Crippen molar-refractivity contribution in [2.45, 2.75) is 6.54 Å². The van der Waals surface area contributed by atoms with Gasteiger partial charge in [0.15, 0.2) is 0 Å². The van der Waals surface area contributed by atoms with E-state index in [9.17, 15) is 4.79 Å². The molecule has 1 rings (SSSR count). The molecule has 0 bridgehead atoms. The van der Waals surface area contributed by atoms with Crippen molar-refractivity contribution in [3.05, 3.63) is 29.3 Å².